The van der Waals surface area contributed by atoms with Crippen LogP contribution in [-0.2, 0) is 11.2 Å². The van der Waals surface area contributed by atoms with Crippen molar-refractivity contribution in [1.82, 2.24) is 0 Å². The van der Waals surface area contributed by atoms with Crippen LogP contribution < -0.4 is 4.74 Å². The first-order valence-corrected chi connectivity index (χ1v) is 6.60. The lowest BCUT2D eigenvalue weighted by Gasteiger charge is -2.05. The molecule has 0 amide bonds. The molecule has 2 rings (SSSR count). The molecule has 2 aromatic carbocycles. The Hall–Kier alpha value is -2.11. The molecule has 0 aromatic heterocycles. The number of benzene rings is 2. The second-order valence-electron chi connectivity index (χ2n) is 4.15. The van der Waals surface area contributed by atoms with E-state index >= 15 is 0 Å². The maximum atomic E-state index is 11.8. The Bertz CT molecular complexity index is 686. The van der Waals surface area contributed by atoms with E-state index in [0.717, 1.165) is 0 Å². The van der Waals surface area contributed by atoms with Crippen molar-refractivity contribution in [3.05, 3.63) is 68.2 Å². The minimum atomic E-state index is -0.526. The zero-order valence-corrected chi connectivity index (χ0v) is 12.1. The molecule has 108 valence electrons. The second-order valence-corrected chi connectivity index (χ2v) is 4.96. The summed E-state index contributed by atoms with van der Waals surface area (Å²) in [5.41, 5.74) is 0.593. The topological polar surface area (TPSA) is 69.4 Å². The van der Waals surface area contributed by atoms with E-state index in [1.54, 1.807) is 18.2 Å². The number of carbonyl (C=O) groups excluding carboxylic acids is 1. The third kappa shape index (κ3) is 4.18. The van der Waals surface area contributed by atoms with Gasteiger partial charge in [-0.1, -0.05) is 29.3 Å². The number of carbonyl (C=O) groups is 1. The smallest absolute Gasteiger partial charge is 0.315 e. The van der Waals surface area contributed by atoms with Crippen molar-refractivity contribution in [1.29, 1.82) is 0 Å². The third-order valence-corrected chi connectivity index (χ3v) is 3.35. The van der Waals surface area contributed by atoms with Gasteiger partial charge in [-0.15, -0.1) is 0 Å². The molecule has 0 N–H and O–H groups in total. The minimum absolute atomic E-state index is 0.0217. The number of nitrogens with zero attached hydrogens (tertiary/aromatic N) is 1. The Labute approximate surface area is 130 Å². The highest BCUT2D eigenvalue weighted by Crippen LogP contribution is 2.23. The highest BCUT2D eigenvalue weighted by molar-refractivity contribution is 6.42. The zero-order chi connectivity index (χ0) is 15.4. The van der Waals surface area contributed by atoms with Crippen LogP contribution in [0.4, 0.5) is 5.69 Å². The summed E-state index contributed by atoms with van der Waals surface area (Å²) in [5, 5.41) is 11.3. The van der Waals surface area contributed by atoms with Crippen LogP contribution in [0.2, 0.25) is 10.0 Å². The molecule has 0 unspecified atom stereocenters. The summed E-state index contributed by atoms with van der Waals surface area (Å²) in [6.07, 6.45) is 0.0217. The zero-order valence-electron chi connectivity index (χ0n) is 10.6. The average molecular weight is 326 g/mol. The van der Waals surface area contributed by atoms with Gasteiger partial charge in [-0.2, -0.15) is 0 Å². The number of ether oxygens (including phenoxy) is 1. The lowest BCUT2D eigenvalue weighted by Crippen LogP contribution is -2.11. The van der Waals surface area contributed by atoms with Crippen molar-refractivity contribution in [2.45, 2.75) is 6.42 Å². The molecule has 0 atom stereocenters. The molecular weight excluding hydrogens is 317 g/mol. The van der Waals surface area contributed by atoms with Crippen molar-refractivity contribution in [3.8, 4) is 5.75 Å². The number of hydrogen-bond donors (Lipinski definition) is 0. The Morgan fingerprint density at radius 2 is 1.76 bits per heavy atom. The van der Waals surface area contributed by atoms with Gasteiger partial charge in [0, 0.05) is 12.1 Å². The molecular formula is C14H9Cl2NO4. The Kier molecular flexibility index (Phi) is 4.77. The molecule has 0 aliphatic carbocycles. The van der Waals surface area contributed by atoms with Crippen molar-refractivity contribution in [2.24, 2.45) is 0 Å². The molecule has 7 heteroatoms. The van der Waals surface area contributed by atoms with Gasteiger partial charge in [0.25, 0.3) is 5.69 Å². The molecule has 0 fully saturated rings. The summed E-state index contributed by atoms with van der Waals surface area (Å²) in [5.74, 6) is -0.257. The lowest BCUT2D eigenvalue weighted by atomic mass is 10.1. The van der Waals surface area contributed by atoms with Crippen LogP contribution in [0.25, 0.3) is 0 Å². The predicted molar refractivity (Wildman–Crippen MR) is 78.9 cm³/mol. The molecule has 0 radical (unpaired) electrons. The Morgan fingerprint density at radius 1 is 1.10 bits per heavy atom. The highest BCUT2D eigenvalue weighted by Gasteiger charge is 2.10. The van der Waals surface area contributed by atoms with Crippen molar-refractivity contribution < 1.29 is 14.5 Å². The molecule has 5 nitrogen and oxygen atoms in total. The molecule has 0 heterocycles. The van der Waals surface area contributed by atoms with E-state index < -0.39 is 10.9 Å². The fourth-order valence-corrected chi connectivity index (χ4v) is 1.94. The van der Waals surface area contributed by atoms with Gasteiger partial charge in [-0.05, 0) is 29.8 Å². The first-order chi connectivity index (χ1) is 9.95. The van der Waals surface area contributed by atoms with Crippen molar-refractivity contribution >= 4 is 34.9 Å². The normalized spacial score (nSPS) is 10.2. The van der Waals surface area contributed by atoms with E-state index in [1.165, 1.54) is 24.3 Å². The quantitative estimate of drug-likeness (QED) is 0.368. The summed E-state index contributed by atoms with van der Waals surface area (Å²) < 4.78 is 5.09. The fraction of sp³-hybridized carbons (Fsp3) is 0.0714. The monoisotopic (exact) mass is 325 g/mol. The summed E-state index contributed by atoms with van der Waals surface area (Å²) in [6.45, 7) is 0. The number of hydrogen-bond acceptors (Lipinski definition) is 4. The van der Waals surface area contributed by atoms with Crippen LogP contribution in [0.5, 0.6) is 5.75 Å². The lowest BCUT2D eigenvalue weighted by molar-refractivity contribution is -0.384. The summed E-state index contributed by atoms with van der Waals surface area (Å²) in [4.78, 5) is 21.7. The number of rotatable bonds is 4. The number of halogens is 2. The molecule has 0 bridgehead atoms. The molecule has 2 aromatic rings. The predicted octanol–water partition coefficient (Wildman–Crippen LogP) is 4.05. The van der Waals surface area contributed by atoms with E-state index in [9.17, 15) is 14.9 Å². The van der Waals surface area contributed by atoms with Gasteiger partial charge >= 0.3 is 5.97 Å². The number of esters is 1. The van der Waals surface area contributed by atoms with E-state index in [4.69, 9.17) is 27.9 Å². The number of nitro benzene ring substituents is 1. The maximum absolute atomic E-state index is 11.8. The van der Waals surface area contributed by atoms with Crippen LogP contribution in [0.15, 0.2) is 42.5 Å². The van der Waals surface area contributed by atoms with Crippen molar-refractivity contribution in [2.75, 3.05) is 0 Å². The third-order valence-electron chi connectivity index (χ3n) is 2.61. The average Bonchev–Trinajstić information content (AvgIpc) is 2.43. The molecule has 0 aliphatic rings. The number of nitro groups is 1. The van der Waals surface area contributed by atoms with E-state index in [0.29, 0.717) is 15.6 Å². The van der Waals surface area contributed by atoms with Crippen LogP contribution in [0.3, 0.4) is 0 Å². The molecule has 0 aliphatic heterocycles. The van der Waals surface area contributed by atoms with Gasteiger partial charge < -0.3 is 4.74 Å². The minimum Gasteiger partial charge on any atom is -0.426 e. The van der Waals surface area contributed by atoms with Crippen LogP contribution in [0, 0.1) is 10.1 Å². The van der Waals surface area contributed by atoms with Gasteiger partial charge in [0.15, 0.2) is 0 Å². The number of non-ortho nitro benzene ring substituents is 1. The van der Waals surface area contributed by atoms with Crippen molar-refractivity contribution in [3.63, 3.8) is 0 Å². The summed E-state index contributed by atoms with van der Waals surface area (Å²) in [6, 6.07) is 10.1. The standard InChI is InChI=1S/C14H9Cl2NO4/c15-12-6-1-9(7-13(12)16)8-14(18)21-11-4-2-10(3-5-11)17(19)20/h1-7H,8H2. The highest BCUT2D eigenvalue weighted by atomic mass is 35.5. The molecule has 0 saturated heterocycles. The molecule has 0 saturated carbocycles. The Balaban J connectivity index is 2.01. The first-order valence-electron chi connectivity index (χ1n) is 5.85. The van der Waals surface area contributed by atoms with Gasteiger partial charge in [-0.3, -0.25) is 14.9 Å². The fourth-order valence-electron chi connectivity index (χ4n) is 1.62. The first kappa shape index (κ1) is 15.3. The largest absolute Gasteiger partial charge is 0.426 e. The van der Waals surface area contributed by atoms with Crippen LogP contribution in [-0.4, -0.2) is 10.9 Å². The SMILES string of the molecule is O=C(Cc1ccc(Cl)c(Cl)c1)Oc1ccc([N+](=O)[O-])cc1. The van der Waals surface area contributed by atoms with Gasteiger partial charge in [0.05, 0.1) is 21.4 Å². The Morgan fingerprint density at radius 3 is 2.33 bits per heavy atom. The van der Waals surface area contributed by atoms with Gasteiger partial charge in [0.1, 0.15) is 5.75 Å². The molecule has 21 heavy (non-hydrogen) atoms. The van der Waals surface area contributed by atoms with E-state index in [1.807, 2.05) is 0 Å². The molecule has 0 spiro atoms. The second kappa shape index (κ2) is 6.56. The van der Waals surface area contributed by atoms with Gasteiger partial charge in [-0.25, -0.2) is 0 Å². The van der Waals surface area contributed by atoms with Gasteiger partial charge in [0.2, 0.25) is 0 Å². The van der Waals surface area contributed by atoms with E-state index in [-0.39, 0.29) is 17.9 Å². The van der Waals surface area contributed by atoms with Crippen LogP contribution >= 0.6 is 23.2 Å². The van der Waals surface area contributed by atoms with Crippen LogP contribution in [0.1, 0.15) is 5.56 Å². The summed E-state index contributed by atoms with van der Waals surface area (Å²) in [7, 11) is 0. The van der Waals surface area contributed by atoms with E-state index in [2.05, 4.69) is 0 Å². The maximum Gasteiger partial charge on any atom is 0.315 e. The summed E-state index contributed by atoms with van der Waals surface area (Å²) >= 11 is 11.6.